The van der Waals surface area contributed by atoms with Gasteiger partial charge in [-0.25, -0.2) is 9.78 Å². The highest BCUT2D eigenvalue weighted by molar-refractivity contribution is 6.09. The molecule has 6 nitrogen and oxygen atoms in total. The van der Waals surface area contributed by atoms with Gasteiger partial charge in [0, 0.05) is 28.2 Å². The number of esters is 1. The van der Waals surface area contributed by atoms with Gasteiger partial charge in [0.05, 0.1) is 13.7 Å². The van der Waals surface area contributed by atoms with E-state index in [0.717, 1.165) is 16.5 Å². The summed E-state index contributed by atoms with van der Waals surface area (Å²) in [5.41, 5.74) is 3.62. The number of H-pyrrole nitrogens is 1. The van der Waals surface area contributed by atoms with E-state index in [1.165, 1.54) is 0 Å². The SMILES string of the molecule is CCOC(=O)c1[nH]c2ccc(OCc3ccccc3)cc2c1-c1cccnc1OC. The molecule has 0 radical (unpaired) electrons. The molecule has 0 amide bonds. The quantitative estimate of drug-likeness (QED) is 0.441. The second kappa shape index (κ2) is 8.69. The van der Waals surface area contributed by atoms with Crippen LogP contribution in [0.5, 0.6) is 11.6 Å². The van der Waals surface area contributed by atoms with Crippen molar-refractivity contribution in [3.05, 3.63) is 78.1 Å². The molecule has 0 aliphatic carbocycles. The Morgan fingerprint density at radius 2 is 1.90 bits per heavy atom. The minimum atomic E-state index is -0.429. The third kappa shape index (κ3) is 3.85. The standard InChI is InChI=1S/C24H22N2O4/c1-3-29-24(27)22-21(18-10-7-13-25-23(18)28-2)19-14-17(11-12-20(19)26-22)30-15-16-8-5-4-6-9-16/h4-14,26H,3,15H2,1-2H3. The summed E-state index contributed by atoms with van der Waals surface area (Å²) in [5, 5.41) is 0.829. The summed E-state index contributed by atoms with van der Waals surface area (Å²) < 4.78 is 16.7. The van der Waals surface area contributed by atoms with Crippen molar-refractivity contribution in [1.82, 2.24) is 9.97 Å². The van der Waals surface area contributed by atoms with Crippen LogP contribution in [0.25, 0.3) is 22.0 Å². The normalized spacial score (nSPS) is 10.7. The number of nitrogens with zero attached hydrogens (tertiary/aromatic N) is 1. The van der Waals surface area contributed by atoms with Gasteiger partial charge in [-0.3, -0.25) is 0 Å². The molecular formula is C24H22N2O4. The van der Waals surface area contributed by atoms with E-state index in [1.807, 2.05) is 54.6 Å². The third-order valence-electron chi connectivity index (χ3n) is 4.73. The smallest absolute Gasteiger partial charge is 0.355 e. The second-order valence-corrected chi connectivity index (χ2v) is 6.64. The van der Waals surface area contributed by atoms with Crippen LogP contribution in [0.3, 0.4) is 0 Å². The van der Waals surface area contributed by atoms with Gasteiger partial charge in [0.25, 0.3) is 0 Å². The van der Waals surface area contributed by atoms with Crippen LogP contribution in [0.15, 0.2) is 66.9 Å². The fourth-order valence-electron chi connectivity index (χ4n) is 3.38. The van der Waals surface area contributed by atoms with Crippen LogP contribution in [-0.4, -0.2) is 29.7 Å². The van der Waals surface area contributed by atoms with Gasteiger partial charge in [0.1, 0.15) is 18.1 Å². The Labute approximate surface area is 174 Å². The lowest BCUT2D eigenvalue weighted by Crippen LogP contribution is -2.07. The summed E-state index contributed by atoms with van der Waals surface area (Å²) >= 11 is 0. The highest BCUT2D eigenvalue weighted by Crippen LogP contribution is 2.38. The van der Waals surface area contributed by atoms with E-state index in [4.69, 9.17) is 14.2 Å². The number of hydrogen-bond donors (Lipinski definition) is 1. The van der Waals surface area contributed by atoms with Gasteiger partial charge in [-0.05, 0) is 42.8 Å². The summed E-state index contributed by atoms with van der Waals surface area (Å²) in [6.07, 6.45) is 1.65. The third-order valence-corrected chi connectivity index (χ3v) is 4.73. The average Bonchev–Trinajstić information content (AvgIpc) is 3.17. The van der Waals surface area contributed by atoms with E-state index in [0.29, 0.717) is 35.1 Å². The van der Waals surface area contributed by atoms with E-state index in [1.54, 1.807) is 26.3 Å². The number of carbonyl (C=O) groups excluding carboxylic acids is 1. The number of aromatic nitrogens is 2. The number of hydrogen-bond acceptors (Lipinski definition) is 5. The van der Waals surface area contributed by atoms with E-state index in [9.17, 15) is 4.79 Å². The van der Waals surface area contributed by atoms with Crippen LogP contribution in [0, 0.1) is 0 Å². The van der Waals surface area contributed by atoms with Crippen LogP contribution in [0.1, 0.15) is 23.0 Å². The highest BCUT2D eigenvalue weighted by atomic mass is 16.5. The molecule has 0 atom stereocenters. The Hall–Kier alpha value is -3.80. The summed E-state index contributed by atoms with van der Waals surface area (Å²) in [7, 11) is 1.55. The number of rotatable bonds is 7. The van der Waals surface area contributed by atoms with Crippen LogP contribution in [0.4, 0.5) is 0 Å². The maximum absolute atomic E-state index is 12.7. The molecule has 2 aromatic carbocycles. The monoisotopic (exact) mass is 402 g/mol. The molecule has 2 aromatic heterocycles. The molecule has 0 spiro atoms. The van der Waals surface area contributed by atoms with Gasteiger partial charge >= 0.3 is 5.97 Å². The molecule has 0 saturated carbocycles. The molecule has 4 aromatic rings. The predicted molar refractivity (Wildman–Crippen MR) is 115 cm³/mol. The number of carbonyl (C=O) groups is 1. The fourth-order valence-corrected chi connectivity index (χ4v) is 3.38. The van der Waals surface area contributed by atoms with Crippen molar-refractivity contribution in [2.24, 2.45) is 0 Å². The molecular weight excluding hydrogens is 380 g/mol. The van der Waals surface area contributed by atoms with Crippen LogP contribution in [0.2, 0.25) is 0 Å². The number of pyridine rings is 1. The fraction of sp³-hybridized carbons (Fsp3) is 0.167. The van der Waals surface area contributed by atoms with E-state index in [2.05, 4.69) is 9.97 Å². The van der Waals surface area contributed by atoms with Gasteiger partial charge in [-0.1, -0.05) is 30.3 Å². The first-order chi connectivity index (χ1) is 14.7. The molecule has 4 rings (SSSR count). The molecule has 6 heteroatoms. The van der Waals surface area contributed by atoms with Gasteiger partial charge in [0.15, 0.2) is 0 Å². The number of ether oxygens (including phenoxy) is 3. The Bertz CT molecular complexity index is 1170. The van der Waals surface area contributed by atoms with E-state index >= 15 is 0 Å². The molecule has 0 saturated heterocycles. The zero-order valence-corrected chi connectivity index (χ0v) is 16.8. The Kier molecular flexibility index (Phi) is 5.66. The number of methoxy groups -OCH3 is 1. The topological polar surface area (TPSA) is 73.4 Å². The molecule has 2 heterocycles. The molecule has 0 fully saturated rings. The van der Waals surface area contributed by atoms with Crippen molar-refractivity contribution in [2.45, 2.75) is 13.5 Å². The number of aromatic amines is 1. The largest absolute Gasteiger partial charge is 0.489 e. The second-order valence-electron chi connectivity index (χ2n) is 6.64. The van der Waals surface area contributed by atoms with Crippen LogP contribution in [-0.2, 0) is 11.3 Å². The molecule has 152 valence electrons. The van der Waals surface area contributed by atoms with Crippen molar-refractivity contribution in [1.29, 1.82) is 0 Å². The van der Waals surface area contributed by atoms with Crippen molar-refractivity contribution in [3.8, 4) is 22.8 Å². The Morgan fingerprint density at radius 1 is 1.07 bits per heavy atom. The van der Waals surface area contributed by atoms with Crippen molar-refractivity contribution in [3.63, 3.8) is 0 Å². The van der Waals surface area contributed by atoms with Crippen LogP contribution >= 0.6 is 0 Å². The zero-order valence-electron chi connectivity index (χ0n) is 16.8. The average molecular weight is 402 g/mol. The molecule has 1 N–H and O–H groups in total. The first kappa shape index (κ1) is 19.5. The predicted octanol–water partition coefficient (Wildman–Crippen LogP) is 4.99. The molecule has 30 heavy (non-hydrogen) atoms. The number of benzene rings is 2. The molecule has 0 aliphatic heterocycles. The van der Waals surface area contributed by atoms with Crippen LogP contribution < -0.4 is 9.47 Å². The van der Waals surface area contributed by atoms with Crippen molar-refractivity contribution >= 4 is 16.9 Å². The molecule has 0 bridgehead atoms. The Balaban J connectivity index is 1.80. The Morgan fingerprint density at radius 3 is 2.67 bits per heavy atom. The lowest BCUT2D eigenvalue weighted by molar-refractivity contribution is 0.0521. The molecule has 0 aliphatic rings. The van der Waals surface area contributed by atoms with Gasteiger partial charge < -0.3 is 19.2 Å². The minimum Gasteiger partial charge on any atom is -0.489 e. The number of nitrogens with one attached hydrogen (secondary N) is 1. The van der Waals surface area contributed by atoms with Gasteiger partial charge in [-0.15, -0.1) is 0 Å². The zero-order chi connectivity index (χ0) is 20.9. The maximum atomic E-state index is 12.7. The lowest BCUT2D eigenvalue weighted by Gasteiger charge is -2.10. The summed E-state index contributed by atoms with van der Waals surface area (Å²) in [5.74, 6) is 0.700. The van der Waals surface area contributed by atoms with E-state index < -0.39 is 5.97 Å². The molecule has 0 unspecified atom stereocenters. The summed E-state index contributed by atoms with van der Waals surface area (Å²) in [6, 6.07) is 19.3. The summed E-state index contributed by atoms with van der Waals surface area (Å²) in [4.78, 5) is 20.1. The highest BCUT2D eigenvalue weighted by Gasteiger charge is 2.23. The van der Waals surface area contributed by atoms with Gasteiger partial charge in [-0.2, -0.15) is 0 Å². The minimum absolute atomic E-state index is 0.281. The van der Waals surface area contributed by atoms with E-state index in [-0.39, 0.29) is 6.61 Å². The van der Waals surface area contributed by atoms with Crippen molar-refractivity contribution in [2.75, 3.05) is 13.7 Å². The summed E-state index contributed by atoms with van der Waals surface area (Å²) in [6.45, 7) is 2.51. The number of fused-ring (bicyclic) bond motifs is 1. The first-order valence-corrected chi connectivity index (χ1v) is 9.70. The van der Waals surface area contributed by atoms with Crippen molar-refractivity contribution < 1.29 is 19.0 Å². The first-order valence-electron chi connectivity index (χ1n) is 9.70. The maximum Gasteiger partial charge on any atom is 0.355 e. The van der Waals surface area contributed by atoms with Gasteiger partial charge in [0.2, 0.25) is 5.88 Å². The lowest BCUT2D eigenvalue weighted by atomic mass is 10.0.